The molecule has 0 aromatic heterocycles. The second-order valence-corrected chi connectivity index (χ2v) is 4.21. The van der Waals surface area contributed by atoms with E-state index in [1.54, 1.807) is 6.07 Å². The van der Waals surface area contributed by atoms with Crippen molar-refractivity contribution in [3.63, 3.8) is 0 Å². The van der Waals surface area contributed by atoms with Crippen LogP contribution in [0.25, 0.3) is 0 Å². The number of halogens is 1. The summed E-state index contributed by atoms with van der Waals surface area (Å²) in [6.07, 6.45) is 0.868. The van der Waals surface area contributed by atoms with Gasteiger partial charge in [0.25, 0.3) is 0 Å². The van der Waals surface area contributed by atoms with Gasteiger partial charge in [-0.2, -0.15) is 5.26 Å². The van der Waals surface area contributed by atoms with Gasteiger partial charge in [-0.25, -0.2) is 0 Å². The molecule has 1 aromatic carbocycles. The predicted octanol–water partition coefficient (Wildman–Crippen LogP) is 2.95. The molecule has 14 heavy (non-hydrogen) atoms. The highest BCUT2D eigenvalue weighted by Gasteiger charge is 2.05. The predicted molar refractivity (Wildman–Crippen MR) is 63.1 cm³/mol. The maximum absolute atomic E-state index is 11.4. The van der Waals surface area contributed by atoms with Crippen LogP contribution in [-0.2, 0) is 6.42 Å². The number of hydrogen-bond donors (Lipinski definition) is 0. The van der Waals surface area contributed by atoms with E-state index in [9.17, 15) is 4.79 Å². The van der Waals surface area contributed by atoms with Crippen LogP contribution in [0.3, 0.4) is 0 Å². The summed E-state index contributed by atoms with van der Waals surface area (Å²) in [5.74, 6) is 0.128. The van der Waals surface area contributed by atoms with E-state index < -0.39 is 0 Å². The molecule has 0 saturated carbocycles. The van der Waals surface area contributed by atoms with Gasteiger partial charge in [-0.3, -0.25) is 4.79 Å². The fraction of sp³-hybridized carbons (Fsp3) is 0.273. The van der Waals surface area contributed by atoms with Crippen molar-refractivity contribution < 1.29 is 4.79 Å². The molecule has 0 bridgehead atoms. The second kappa shape index (κ2) is 5.11. The number of ketones is 1. The molecule has 0 aliphatic heterocycles. The number of benzene rings is 1. The number of nitrogens with zero attached hydrogens (tertiary/aromatic N) is 1. The first-order valence-corrected chi connectivity index (χ1v) is 5.45. The molecule has 1 rings (SSSR count). The lowest BCUT2D eigenvalue weighted by Crippen LogP contribution is -1.98. The summed E-state index contributed by atoms with van der Waals surface area (Å²) < 4.78 is 1.01. The van der Waals surface area contributed by atoms with Gasteiger partial charge in [-0.05, 0) is 46.4 Å². The average molecular weight is 299 g/mol. The fourth-order valence-electron chi connectivity index (χ4n) is 1.21. The third-order valence-corrected chi connectivity index (χ3v) is 2.51. The first-order chi connectivity index (χ1) is 6.67. The number of Topliss-reactive ketones (excluding diaryl/α,β-unsaturated/α-hetero) is 1. The summed E-state index contributed by atoms with van der Waals surface area (Å²) in [5.41, 5.74) is 1.63. The molecule has 0 amide bonds. The van der Waals surface area contributed by atoms with E-state index >= 15 is 0 Å². The summed E-state index contributed by atoms with van der Waals surface area (Å²) in [7, 11) is 0. The monoisotopic (exact) mass is 299 g/mol. The van der Waals surface area contributed by atoms with E-state index in [-0.39, 0.29) is 5.78 Å². The van der Waals surface area contributed by atoms with Gasteiger partial charge in [-0.15, -0.1) is 0 Å². The number of nitriles is 1. The van der Waals surface area contributed by atoms with Crippen molar-refractivity contribution in [2.45, 2.75) is 19.8 Å². The van der Waals surface area contributed by atoms with Crippen LogP contribution in [0.2, 0.25) is 0 Å². The Kier molecular flexibility index (Phi) is 4.08. The number of carbonyl (C=O) groups is 1. The summed E-state index contributed by atoms with van der Waals surface area (Å²) in [4.78, 5) is 11.4. The molecule has 0 atom stereocenters. The zero-order valence-electron chi connectivity index (χ0n) is 7.88. The Hall–Kier alpha value is -0.890. The normalized spacial score (nSPS) is 9.50. The van der Waals surface area contributed by atoms with E-state index in [4.69, 9.17) is 5.26 Å². The summed E-state index contributed by atoms with van der Waals surface area (Å²) >= 11 is 2.16. The molecule has 0 saturated heterocycles. The first kappa shape index (κ1) is 11.2. The van der Waals surface area contributed by atoms with Crippen molar-refractivity contribution in [2.24, 2.45) is 0 Å². The summed E-state index contributed by atoms with van der Waals surface area (Å²) in [6.45, 7) is 1.84. The number of rotatable bonds is 3. The number of hydrogen-bond acceptors (Lipinski definition) is 2. The molecule has 0 aliphatic carbocycles. The van der Waals surface area contributed by atoms with Gasteiger partial charge < -0.3 is 0 Å². The Morgan fingerprint density at radius 3 is 2.79 bits per heavy atom. The first-order valence-electron chi connectivity index (χ1n) is 4.37. The molecule has 0 radical (unpaired) electrons. The third-order valence-electron chi connectivity index (χ3n) is 1.88. The minimum absolute atomic E-state index is 0.128. The zero-order valence-corrected chi connectivity index (χ0v) is 10.0. The van der Waals surface area contributed by atoms with E-state index in [1.807, 2.05) is 19.1 Å². The average Bonchev–Trinajstić information content (AvgIpc) is 2.16. The van der Waals surface area contributed by atoms with Crippen molar-refractivity contribution >= 4 is 28.4 Å². The molecule has 3 heteroatoms. The molecule has 0 aliphatic rings. The Bertz CT molecular complexity index is 393. The van der Waals surface area contributed by atoms with Crippen molar-refractivity contribution in [3.05, 3.63) is 32.9 Å². The van der Waals surface area contributed by atoms with Crippen LogP contribution in [0.1, 0.15) is 29.3 Å². The maximum atomic E-state index is 11.4. The molecule has 1 aromatic rings. The molecule has 0 spiro atoms. The van der Waals surface area contributed by atoms with Crippen LogP contribution >= 0.6 is 22.6 Å². The van der Waals surface area contributed by atoms with Gasteiger partial charge in [0.2, 0.25) is 0 Å². The lowest BCUT2D eigenvalue weighted by Gasteiger charge is -2.02. The van der Waals surface area contributed by atoms with Gasteiger partial charge in [0, 0.05) is 15.6 Å². The molecule has 0 N–H and O–H groups in total. The zero-order chi connectivity index (χ0) is 10.6. The maximum Gasteiger partial charge on any atom is 0.162 e. The Balaban J connectivity index is 3.08. The standard InChI is InChI=1S/C11H10INO/c1-2-11(14)9-5-8(3-4-13)6-10(12)7-9/h5-7H,2-3H2,1H3. The van der Waals surface area contributed by atoms with Crippen LogP contribution in [0, 0.1) is 14.9 Å². The van der Waals surface area contributed by atoms with Gasteiger partial charge in [-0.1, -0.05) is 6.92 Å². The van der Waals surface area contributed by atoms with Crippen LogP contribution in [0.15, 0.2) is 18.2 Å². The van der Waals surface area contributed by atoms with E-state index in [1.165, 1.54) is 0 Å². The third kappa shape index (κ3) is 2.81. The van der Waals surface area contributed by atoms with Gasteiger partial charge in [0.05, 0.1) is 12.5 Å². The molecular weight excluding hydrogens is 289 g/mol. The minimum Gasteiger partial charge on any atom is -0.294 e. The molecule has 0 fully saturated rings. The van der Waals surface area contributed by atoms with Crippen LogP contribution < -0.4 is 0 Å². The highest BCUT2D eigenvalue weighted by molar-refractivity contribution is 14.1. The SMILES string of the molecule is CCC(=O)c1cc(I)cc(CC#N)c1. The van der Waals surface area contributed by atoms with Crippen molar-refractivity contribution in [3.8, 4) is 6.07 Å². The van der Waals surface area contributed by atoms with Gasteiger partial charge in [0.1, 0.15) is 0 Å². The molecule has 0 unspecified atom stereocenters. The lowest BCUT2D eigenvalue weighted by atomic mass is 10.0. The number of carbonyl (C=O) groups excluding carboxylic acids is 1. The van der Waals surface area contributed by atoms with Crippen LogP contribution in [0.4, 0.5) is 0 Å². The Morgan fingerprint density at radius 1 is 1.50 bits per heavy atom. The molecular formula is C11H10INO. The van der Waals surface area contributed by atoms with Crippen molar-refractivity contribution in [1.29, 1.82) is 5.26 Å². The van der Waals surface area contributed by atoms with E-state index in [2.05, 4.69) is 28.7 Å². The minimum atomic E-state index is 0.128. The van der Waals surface area contributed by atoms with Crippen LogP contribution in [-0.4, -0.2) is 5.78 Å². The second-order valence-electron chi connectivity index (χ2n) is 2.96. The molecule has 0 heterocycles. The van der Waals surface area contributed by atoms with Crippen LogP contribution in [0.5, 0.6) is 0 Å². The fourth-order valence-corrected chi connectivity index (χ4v) is 1.94. The molecule has 2 nitrogen and oxygen atoms in total. The summed E-state index contributed by atoms with van der Waals surface area (Å²) in [6, 6.07) is 7.66. The Morgan fingerprint density at radius 2 is 2.21 bits per heavy atom. The van der Waals surface area contributed by atoms with Crippen molar-refractivity contribution in [2.75, 3.05) is 0 Å². The topological polar surface area (TPSA) is 40.9 Å². The van der Waals surface area contributed by atoms with Crippen molar-refractivity contribution in [1.82, 2.24) is 0 Å². The highest BCUT2D eigenvalue weighted by Crippen LogP contribution is 2.14. The van der Waals surface area contributed by atoms with E-state index in [0.29, 0.717) is 18.4 Å². The lowest BCUT2D eigenvalue weighted by molar-refractivity contribution is 0.0988. The molecule has 72 valence electrons. The highest BCUT2D eigenvalue weighted by atomic mass is 127. The quantitative estimate of drug-likeness (QED) is 0.636. The van der Waals surface area contributed by atoms with Gasteiger partial charge >= 0.3 is 0 Å². The smallest absolute Gasteiger partial charge is 0.162 e. The summed E-state index contributed by atoms with van der Waals surface area (Å²) in [5, 5.41) is 8.56. The Labute approximate surface area is 97.1 Å². The van der Waals surface area contributed by atoms with Gasteiger partial charge in [0.15, 0.2) is 5.78 Å². The largest absolute Gasteiger partial charge is 0.294 e. The van der Waals surface area contributed by atoms with E-state index in [0.717, 1.165) is 9.13 Å².